The standard InChI is InChI=1S/C27H32ClN5O2S/c1-4-16-33-25(23(17-19(2)3)30-26(35)21-12-8-9-13-22(21)28)31-32-27(33)36-18-24(34)29-15-14-20-10-6-5-7-11-20/h4-13,19,23H,1,14-18H2,2-3H3,(H,29,34)(H,30,35)/t23-/m0/s1. The summed E-state index contributed by atoms with van der Waals surface area (Å²) in [5.41, 5.74) is 1.58. The predicted molar refractivity (Wildman–Crippen MR) is 145 cm³/mol. The van der Waals surface area contributed by atoms with Gasteiger partial charge in [0.1, 0.15) is 0 Å². The fourth-order valence-corrected chi connectivity index (χ4v) is 4.73. The van der Waals surface area contributed by atoms with E-state index in [1.54, 1.807) is 30.3 Å². The fraction of sp³-hybridized carbons (Fsp3) is 0.333. The summed E-state index contributed by atoms with van der Waals surface area (Å²) in [5.74, 6) is 0.783. The molecule has 0 fully saturated rings. The van der Waals surface area contributed by atoms with Gasteiger partial charge in [0.2, 0.25) is 5.91 Å². The fourth-order valence-electron chi connectivity index (χ4n) is 3.72. The van der Waals surface area contributed by atoms with Crippen LogP contribution in [-0.2, 0) is 17.8 Å². The normalized spacial score (nSPS) is 11.8. The molecule has 2 aromatic carbocycles. The van der Waals surface area contributed by atoms with E-state index in [-0.39, 0.29) is 23.6 Å². The van der Waals surface area contributed by atoms with E-state index in [1.165, 1.54) is 17.3 Å². The number of carbonyl (C=O) groups excluding carboxylic acids is 2. The Bertz CT molecular complexity index is 1170. The number of rotatable bonds is 13. The first-order valence-corrected chi connectivity index (χ1v) is 13.3. The second kappa shape index (κ2) is 13.8. The van der Waals surface area contributed by atoms with E-state index in [9.17, 15) is 9.59 Å². The highest BCUT2D eigenvalue weighted by Gasteiger charge is 2.25. The minimum atomic E-state index is -0.379. The molecule has 0 aliphatic heterocycles. The molecule has 36 heavy (non-hydrogen) atoms. The van der Waals surface area contributed by atoms with Crippen LogP contribution >= 0.6 is 23.4 Å². The Balaban J connectivity index is 1.68. The van der Waals surface area contributed by atoms with Crippen LogP contribution in [0.25, 0.3) is 0 Å². The number of aromatic nitrogens is 3. The zero-order chi connectivity index (χ0) is 25.9. The van der Waals surface area contributed by atoms with Crippen molar-refractivity contribution in [1.82, 2.24) is 25.4 Å². The second-order valence-electron chi connectivity index (χ2n) is 8.75. The number of hydrogen-bond donors (Lipinski definition) is 2. The highest BCUT2D eigenvalue weighted by molar-refractivity contribution is 7.99. The molecule has 2 N–H and O–H groups in total. The van der Waals surface area contributed by atoms with Crippen LogP contribution in [0, 0.1) is 5.92 Å². The van der Waals surface area contributed by atoms with Crippen molar-refractivity contribution in [1.29, 1.82) is 0 Å². The maximum atomic E-state index is 13.0. The van der Waals surface area contributed by atoms with Crippen molar-refractivity contribution < 1.29 is 9.59 Å². The molecular weight excluding hydrogens is 494 g/mol. The van der Waals surface area contributed by atoms with Crippen LogP contribution in [0.3, 0.4) is 0 Å². The number of amides is 2. The Hall–Kier alpha value is -3.10. The van der Waals surface area contributed by atoms with Gasteiger partial charge < -0.3 is 15.2 Å². The first-order valence-electron chi connectivity index (χ1n) is 11.9. The van der Waals surface area contributed by atoms with Gasteiger partial charge in [0, 0.05) is 13.1 Å². The molecule has 1 aromatic heterocycles. The molecule has 3 rings (SSSR count). The zero-order valence-electron chi connectivity index (χ0n) is 20.6. The Labute approximate surface area is 221 Å². The first-order chi connectivity index (χ1) is 17.4. The highest BCUT2D eigenvalue weighted by atomic mass is 35.5. The molecule has 1 heterocycles. The molecule has 0 saturated carbocycles. The molecule has 0 spiro atoms. The third kappa shape index (κ3) is 7.96. The Morgan fingerprint density at radius 2 is 1.83 bits per heavy atom. The van der Waals surface area contributed by atoms with Gasteiger partial charge >= 0.3 is 0 Å². The van der Waals surface area contributed by atoms with Crippen LogP contribution < -0.4 is 10.6 Å². The number of nitrogens with zero attached hydrogens (tertiary/aromatic N) is 3. The van der Waals surface area contributed by atoms with Crippen LogP contribution in [-0.4, -0.2) is 38.9 Å². The summed E-state index contributed by atoms with van der Waals surface area (Å²) >= 11 is 7.54. The summed E-state index contributed by atoms with van der Waals surface area (Å²) in [5, 5.41) is 15.7. The van der Waals surface area contributed by atoms with Crippen molar-refractivity contribution in [2.24, 2.45) is 5.92 Å². The van der Waals surface area contributed by atoms with Gasteiger partial charge in [-0.1, -0.05) is 85.8 Å². The SMILES string of the molecule is C=CCn1c(SCC(=O)NCCc2ccccc2)nnc1[C@H](CC(C)C)NC(=O)c1ccccc1Cl. The number of allylic oxidation sites excluding steroid dienone is 1. The maximum absolute atomic E-state index is 13.0. The van der Waals surface area contributed by atoms with Gasteiger partial charge in [0.05, 0.1) is 22.4 Å². The lowest BCUT2D eigenvalue weighted by molar-refractivity contribution is -0.118. The van der Waals surface area contributed by atoms with Crippen LogP contribution in [0.4, 0.5) is 0 Å². The van der Waals surface area contributed by atoms with Crippen LogP contribution in [0.15, 0.2) is 72.4 Å². The lowest BCUT2D eigenvalue weighted by Crippen LogP contribution is -2.32. The van der Waals surface area contributed by atoms with Crippen molar-refractivity contribution in [3.05, 3.63) is 89.2 Å². The third-order valence-electron chi connectivity index (χ3n) is 5.41. The molecular formula is C27H32ClN5O2S. The quantitative estimate of drug-likeness (QED) is 0.240. The van der Waals surface area contributed by atoms with Crippen molar-refractivity contribution in [2.45, 2.75) is 44.4 Å². The number of benzene rings is 2. The monoisotopic (exact) mass is 525 g/mol. The van der Waals surface area contributed by atoms with E-state index >= 15 is 0 Å². The highest BCUT2D eigenvalue weighted by Crippen LogP contribution is 2.26. The van der Waals surface area contributed by atoms with Crippen molar-refractivity contribution in [3.8, 4) is 0 Å². The first kappa shape index (κ1) is 27.5. The maximum Gasteiger partial charge on any atom is 0.253 e. The zero-order valence-corrected chi connectivity index (χ0v) is 22.2. The molecule has 0 aliphatic carbocycles. The summed E-state index contributed by atoms with van der Waals surface area (Å²) in [7, 11) is 0. The van der Waals surface area contributed by atoms with Crippen LogP contribution in [0.5, 0.6) is 0 Å². The minimum Gasteiger partial charge on any atom is -0.355 e. The molecule has 0 radical (unpaired) electrons. The molecule has 0 saturated heterocycles. The minimum absolute atomic E-state index is 0.0728. The number of nitrogens with one attached hydrogen (secondary N) is 2. The van der Waals surface area contributed by atoms with E-state index in [4.69, 9.17) is 11.6 Å². The van der Waals surface area contributed by atoms with Gasteiger partial charge in [-0.2, -0.15) is 0 Å². The van der Waals surface area contributed by atoms with E-state index in [2.05, 4.69) is 41.3 Å². The van der Waals surface area contributed by atoms with Gasteiger partial charge in [-0.05, 0) is 36.5 Å². The Kier molecular flexibility index (Phi) is 10.6. The van der Waals surface area contributed by atoms with E-state index < -0.39 is 0 Å². The third-order valence-corrected chi connectivity index (χ3v) is 6.71. The summed E-state index contributed by atoms with van der Waals surface area (Å²) in [6.45, 7) is 9.04. The molecule has 190 valence electrons. The van der Waals surface area contributed by atoms with Crippen molar-refractivity contribution in [3.63, 3.8) is 0 Å². The lowest BCUT2D eigenvalue weighted by Gasteiger charge is -2.21. The van der Waals surface area contributed by atoms with Gasteiger partial charge in [-0.15, -0.1) is 16.8 Å². The predicted octanol–water partition coefficient (Wildman–Crippen LogP) is 5.09. The van der Waals surface area contributed by atoms with Gasteiger partial charge in [-0.3, -0.25) is 9.59 Å². The van der Waals surface area contributed by atoms with E-state index in [0.29, 0.717) is 47.0 Å². The Morgan fingerprint density at radius 3 is 2.53 bits per heavy atom. The van der Waals surface area contributed by atoms with Crippen LogP contribution in [0.1, 0.15) is 48.1 Å². The average Bonchev–Trinajstić information content (AvgIpc) is 3.25. The van der Waals surface area contributed by atoms with Crippen LogP contribution in [0.2, 0.25) is 5.02 Å². The smallest absolute Gasteiger partial charge is 0.253 e. The van der Waals surface area contributed by atoms with Crippen molar-refractivity contribution in [2.75, 3.05) is 12.3 Å². The molecule has 1 atom stereocenters. The molecule has 2 amide bonds. The van der Waals surface area contributed by atoms with E-state index in [0.717, 1.165) is 6.42 Å². The number of hydrogen-bond acceptors (Lipinski definition) is 5. The molecule has 0 unspecified atom stereocenters. The van der Waals surface area contributed by atoms with Gasteiger partial charge in [0.15, 0.2) is 11.0 Å². The lowest BCUT2D eigenvalue weighted by atomic mass is 10.0. The summed E-state index contributed by atoms with van der Waals surface area (Å²) in [6, 6.07) is 16.6. The Morgan fingerprint density at radius 1 is 1.11 bits per heavy atom. The number of carbonyl (C=O) groups is 2. The summed E-state index contributed by atoms with van der Waals surface area (Å²) in [6.07, 6.45) is 3.19. The molecule has 3 aromatic rings. The topological polar surface area (TPSA) is 88.9 Å². The molecule has 0 bridgehead atoms. The molecule has 9 heteroatoms. The summed E-state index contributed by atoms with van der Waals surface area (Å²) in [4.78, 5) is 25.4. The molecule has 7 nitrogen and oxygen atoms in total. The van der Waals surface area contributed by atoms with Gasteiger partial charge in [0.25, 0.3) is 5.91 Å². The molecule has 0 aliphatic rings. The second-order valence-corrected chi connectivity index (χ2v) is 10.1. The van der Waals surface area contributed by atoms with Gasteiger partial charge in [-0.25, -0.2) is 0 Å². The average molecular weight is 526 g/mol. The summed E-state index contributed by atoms with van der Waals surface area (Å²) < 4.78 is 1.90. The largest absolute Gasteiger partial charge is 0.355 e. The van der Waals surface area contributed by atoms with E-state index in [1.807, 2.05) is 34.9 Å². The van der Waals surface area contributed by atoms with Crippen molar-refractivity contribution >= 4 is 35.2 Å². The number of halogens is 1. The number of thioether (sulfide) groups is 1.